The fourth-order valence-corrected chi connectivity index (χ4v) is 3.34. The summed E-state index contributed by atoms with van der Waals surface area (Å²) < 4.78 is 0. The van der Waals surface area contributed by atoms with Crippen LogP contribution in [0.25, 0.3) is 0 Å². The predicted molar refractivity (Wildman–Crippen MR) is 75.9 cm³/mol. The first-order chi connectivity index (χ1) is 8.65. The number of nitrogens with one attached hydrogen (secondary N) is 2. The molecule has 1 aliphatic heterocycles. The highest BCUT2D eigenvalue weighted by Crippen LogP contribution is 2.20. The van der Waals surface area contributed by atoms with Gasteiger partial charge in [-0.2, -0.15) is 0 Å². The Morgan fingerprint density at radius 2 is 2.17 bits per heavy atom. The number of piperidine rings is 1. The normalized spacial score (nSPS) is 16.8. The van der Waals surface area contributed by atoms with E-state index < -0.39 is 0 Å². The molecule has 1 aromatic heterocycles. The van der Waals surface area contributed by atoms with Crippen molar-refractivity contribution < 1.29 is 4.79 Å². The largest absolute Gasteiger partial charge is 0.351 e. The van der Waals surface area contributed by atoms with Crippen molar-refractivity contribution in [3.05, 3.63) is 21.4 Å². The SMILES string of the molecule is Cc1cc(CNC(=O)CC2CCNCC2)sc1C. The zero-order valence-corrected chi connectivity index (χ0v) is 12.0. The molecule has 0 saturated carbocycles. The second-order valence-corrected chi connectivity index (χ2v) is 6.47. The highest BCUT2D eigenvalue weighted by atomic mass is 32.1. The topological polar surface area (TPSA) is 41.1 Å². The van der Waals surface area contributed by atoms with Crippen LogP contribution in [0.15, 0.2) is 6.07 Å². The van der Waals surface area contributed by atoms with Gasteiger partial charge in [0.05, 0.1) is 6.54 Å². The summed E-state index contributed by atoms with van der Waals surface area (Å²) in [6.07, 6.45) is 2.94. The van der Waals surface area contributed by atoms with Gasteiger partial charge in [0.1, 0.15) is 0 Å². The number of carbonyl (C=O) groups excluding carboxylic acids is 1. The molecule has 2 heterocycles. The lowest BCUT2D eigenvalue weighted by Gasteiger charge is -2.21. The van der Waals surface area contributed by atoms with Crippen molar-refractivity contribution in [3.63, 3.8) is 0 Å². The number of thiophene rings is 1. The van der Waals surface area contributed by atoms with E-state index in [-0.39, 0.29) is 5.91 Å². The summed E-state index contributed by atoms with van der Waals surface area (Å²) in [5, 5.41) is 6.36. The van der Waals surface area contributed by atoms with Gasteiger partial charge in [0.25, 0.3) is 0 Å². The van der Waals surface area contributed by atoms with Gasteiger partial charge in [-0.15, -0.1) is 11.3 Å². The Morgan fingerprint density at radius 1 is 1.44 bits per heavy atom. The van der Waals surface area contributed by atoms with E-state index in [2.05, 4.69) is 30.5 Å². The van der Waals surface area contributed by atoms with E-state index in [1.165, 1.54) is 15.3 Å². The van der Waals surface area contributed by atoms with E-state index >= 15 is 0 Å². The molecular weight excluding hydrogens is 244 g/mol. The van der Waals surface area contributed by atoms with E-state index in [0.717, 1.165) is 25.9 Å². The highest BCUT2D eigenvalue weighted by Gasteiger charge is 2.16. The third-order valence-electron chi connectivity index (χ3n) is 3.61. The molecule has 1 fully saturated rings. The molecule has 0 radical (unpaired) electrons. The molecule has 18 heavy (non-hydrogen) atoms. The van der Waals surface area contributed by atoms with Gasteiger partial charge in [0.2, 0.25) is 5.91 Å². The maximum absolute atomic E-state index is 11.8. The molecule has 1 aliphatic rings. The van der Waals surface area contributed by atoms with E-state index in [0.29, 0.717) is 18.9 Å². The molecule has 0 spiro atoms. The molecule has 4 heteroatoms. The molecule has 0 aliphatic carbocycles. The Bertz CT molecular complexity index is 388. The standard InChI is InChI=1S/C14H22N2OS/c1-10-7-13(18-11(10)2)9-16-14(17)8-12-3-5-15-6-4-12/h7,12,15H,3-6,8-9H2,1-2H3,(H,16,17). The fourth-order valence-electron chi connectivity index (χ4n) is 2.34. The second-order valence-electron chi connectivity index (χ2n) is 5.13. The third kappa shape index (κ3) is 3.82. The van der Waals surface area contributed by atoms with Crippen LogP contribution in [0.4, 0.5) is 0 Å². The van der Waals surface area contributed by atoms with Gasteiger partial charge in [0, 0.05) is 16.2 Å². The molecule has 0 bridgehead atoms. The summed E-state index contributed by atoms with van der Waals surface area (Å²) in [6, 6.07) is 2.17. The van der Waals surface area contributed by atoms with Crippen molar-refractivity contribution in [2.75, 3.05) is 13.1 Å². The van der Waals surface area contributed by atoms with Crippen LogP contribution in [-0.4, -0.2) is 19.0 Å². The molecule has 0 unspecified atom stereocenters. The Balaban J connectivity index is 1.74. The number of rotatable bonds is 4. The van der Waals surface area contributed by atoms with Crippen LogP contribution < -0.4 is 10.6 Å². The molecule has 100 valence electrons. The third-order valence-corrected chi connectivity index (χ3v) is 4.76. The van der Waals surface area contributed by atoms with Gasteiger partial charge in [-0.25, -0.2) is 0 Å². The van der Waals surface area contributed by atoms with Crippen LogP contribution in [-0.2, 0) is 11.3 Å². The summed E-state index contributed by atoms with van der Waals surface area (Å²) in [7, 11) is 0. The minimum Gasteiger partial charge on any atom is -0.351 e. The van der Waals surface area contributed by atoms with Gasteiger partial charge < -0.3 is 10.6 Å². The number of amides is 1. The minimum atomic E-state index is 0.200. The van der Waals surface area contributed by atoms with Crippen LogP contribution in [0.1, 0.15) is 34.6 Å². The summed E-state index contributed by atoms with van der Waals surface area (Å²) in [4.78, 5) is 14.4. The maximum atomic E-state index is 11.8. The zero-order valence-electron chi connectivity index (χ0n) is 11.2. The molecule has 2 rings (SSSR count). The lowest BCUT2D eigenvalue weighted by molar-refractivity contribution is -0.122. The molecule has 3 nitrogen and oxygen atoms in total. The van der Waals surface area contributed by atoms with Gasteiger partial charge in [-0.1, -0.05) is 0 Å². The molecule has 1 aromatic rings. The second kappa shape index (κ2) is 6.34. The van der Waals surface area contributed by atoms with Crippen LogP contribution in [0.3, 0.4) is 0 Å². The van der Waals surface area contributed by atoms with Crippen LogP contribution in [0.2, 0.25) is 0 Å². The van der Waals surface area contributed by atoms with Gasteiger partial charge in [-0.3, -0.25) is 4.79 Å². The quantitative estimate of drug-likeness (QED) is 0.878. The van der Waals surface area contributed by atoms with Crippen molar-refractivity contribution in [2.24, 2.45) is 5.92 Å². The van der Waals surface area contributed by atoms with E-state index in [4.69, 9.17) is 0 Å². The van der Waals surface area contributed by atoms with Crippen LogP contribution in [0.5, 0.6) is 0 Å². The first-order valence-corrected chi connectivity index (χ1v) is 7.50. The minimum absolute atomic E-state index is 0.200. The van der Waals surface area contributed by atoms with Gasteiger partial charge >= 0.3 is 0 Å². The number of hydrogen-bond acceptors (Lipinski definition) is 3. The van der Waals surface area contributed by atoms with Crippen molar-refractivity contribution in [1.82, 2.24) is 10.6 Å². The number of aryl methyl sites for hydroxylation is 2. The molecule has 1 amide bonds. The maximum Gasteiger partial charge on any atom is 0.220 e. The average Bonchev–Trinajstić information content (AvgIpc) is 2.68. The Morgan fingerprint density at radius 3 is 2.78 bits per heavy atom. The first kappa shape index (κ1) is 13.6. The average molecular weight is 266 g/mol. The number of carbonyl (C=O) groups is 1. The summed E-state index contributed by atoms with van der Waals surface area (Å²) >= 11 is 1.78. The lowest BCUT2D eigenvalue weighted by atomic mass is 9.94. The van der Waals surface area contributed by atoms with Crippen LogP contribution >= 0.6 is 11.3 Å². The molecular formula is C14H22N2OS. The molecule has 2 N–H and O–H groups in total. The monoisotopic (exact) mass is 266 g/mol. The van der Waals surface area contributed by atoms with Crippen molar-refractivity contribution in [3.8, 4) is 0 Å². The lowest BCUT2D eigenvalue weighted by Crippen LogP contribution is -2.32. The van der Waals surface area contributed by atoms with Crippen LogP contribution in [0, 0.1) is 19.8 Å². The summed E-state index contributed by atoms with van der Waals surface area (Å²) in [5.41, 5.74) is 1.32. The number of hydrogen-bond donors (Lipinski definition) is 2. The summed E-state index contributed by atoms with van der Waals surface area (Å²) in [6.45, 7) is 7.04. The van der Waals surface area contributed by atoms with Crippen molar-refractivity contribution in [2.45, 2.75) is 39.7 Å². The molecule has 0 aromatic carbocycles. The van der Waals surface area contributed by atoms with E-state index in [9.17, 15) is 4.79 Å². The van der Waals surface area contributed by atoms with Crippen molar-refractivity contribution in [1.29, 1.82) is 0 Å². The Labute approximate surface area is 113 Å². The Hall–Kier alpha value is -0.870. The zero-order chi connectivity index (χ0) is 13.0. The van der Waals surface area contributed by atoms with E-state index in [1.54, 1.807) is 11.3 Å². The molecule has 0 atom stereocenters. The van der Waals surface area contributed by atoms with Gasteiger partial charge in [-0.05, 0) is 57.3 Å². The van der Waals surface area contributed by atoms with E-state index in [1.807, 2.05) is 0 Å². The highest BCUT2D eigenvalue weighted by molar-refractivity contribution is 7.12. The van der Waals surface area contributed by atoms with Crippen molar-refractivity contribution >= 4 is 17.2 Å². The van der Waals surface area contributed by atoms with Gasteiger partial charge in [0.15, 0.2) is 0 Å². The first-order valence-electron chi connectivity index (χ1n) is 6.68. The summed E-state index contributed by atoms with van der Waals surface area (Å²) in [5.74, 6) is 0.767. The smallest absolute Gasteiger partial charge is 0.220 e. The predicted octanol–water partition coefficient (Wildman–Crippen LogP) is 2.37. The Kier molecular flexibility index (Phi) is 4.78. The molecule has 1 saturated heterocycles. The fraction of sp³-hybridized carbons (Fsp3) is 0.643.